The van der Waals surface area contributed by atoms with E-state index in [1.165, 1.54) is 44.9 Å². The smallest absolute Gasteiger partial charge is 0.333 e. The molecule has 0 aromatic carbocycles. The molecular formula is C108H146O24. The highest BCUT2D eigenvalue weighted by molar-refractivity contribution is 5.90. The standard InChI is InChI=1S/C22H28O5.2C22H30O5.C21H28O5.C21H30O4/c1-11(2)19(23)26-21-6-12-3-13(7-21)9-22(8-12,10-21)27-20(24)16-5-14-4-15(16)18-17(14)25-18;1-13(2)18(23)26-21-8-14-6-15(9-21)11-22(10-14,12-21)27-19(24)16-4-5-20(3)17(7-16)25-20;1-13(2)19(23)27-22-9-15-5-16(10-22)8-21(7-15,12-22)20(24)25-11-14-3-4-17-18(6-14)26-17;1-12(2)18(22)25-20-7-13-5-14(8-20)10-21(9-13,11-20)26-19(23)15-3-4-16-17(6-15)24-16;1-13(2)19(22)25-21-9-15-5-16(10-21)8-20(7-15,12-21)23-11-14-3-4-17-18(6-14)24-17/h12-18H,1,3-10H2,2H3;14-17H,1,4-12H2,2-3H3;14-18H,1,3-12H2,2H3;13-17H,1,3-11H2,2H3;14-18H,1,3-12H2,2H3. The number of carbonyl (C=O) groups is 9. The van der Waals surface area contributed by atoms with E-state index >= 15 is 0 Å². The highest BCUT2D eigenvalue weighted by Crippen LogP contribution is 2.69. The number of hydrogen-bond donors (Lipinski definition) is 0. The molecule has 24 heteroatoms. The van der Waals surface area contributed by atoms with Crippen LogP contribution in [0.15, 0.2) is 60.8 Å². The molecule has 0 aromatic heterocycles. The Morgan fingerprint density at radius 2 is 0.644 bits per heavy atom. The number of carbonyl (C=O) groups excluding carboxylic acids is 9. The first kappa shape index (κ1) is 90.8. The molecule has 722 valence electrons. The highest BCUT2D eigenvalue weighted by Gasteiger charge is 2.71. The van der Waals surface area contributed by atoms with Crippen LogP contribution in [0.4, 0.5) is 0 Å². The van der Waals surface area contributed by atoms with Gasteiger partial charge in [0.15, 0.2) is 0 Å². The number of epoxide rings is 5. The van der Waals surface area contributed by atoms with Gasteiger partial charge in [-0.05, 0) is 369 Å². The Morgan fingerprint density at radius 3 is 1.01 bits per heavy atom. The predicted octanol–water partition coefficient (Wildman–Crippen LogP) is 17.5. The summed E-state index contributed by atoms with van der Waals surface area (Å²) in [5, 5.41) is 0. The van der Waals surface area contributed by atoms with Crippen LogP contribution in [-0.4, -0.2) is 178 Å². The third kappa shape index (κ3) is 17.9. The molecule has 0 N–H and O–H groups in total. The number of ether oxygens (including phenoxy) is 15. The highest BCUT2D eigenvalue weighted by atomic mass is 16.6. The Kier molecular flexibility index (Phi) is 22.7. The van der Waals surface area contributed by atoms with E-state index in [0.29, 0.717) is 186 Å². The maximum atomic E-state index is 13.2. The maximum Gasteiger partial charge on any atom is 0.333 e. The van der Waals surface area contributed by atoms with Crippen LogP contribution in [0.2, 0.25) is 0 Å². The van der Waals surface area contributed by atoms with Crippen LogP contribution in [-0.2, 0) is 114 Å². The minimum Gasteiger partial charge on any atom is -0.465 e. The van der Waals surface area contributed by atoms with Gasteiger partial charge >= 0.3 is 53.7 Å². The Hall–Kier alpha value is -6.31. The van der Waals surface area contributed by atoms with Gasteiger partial charge in [-0.2, -0.15) is 0 Å². The molecule has 0 spiro atoms. The van der Waals surface area contributed by atoms with Crippen molar-refractivity contribution in [2.75, 3.05) is 13.2 Å². The first-order valence-corrected chi connectivity index (χ1v) is 52.0. The summed E-state index contributed by atoms with van der Waals surface area (Å²) in [6, 6.07) is 0. The molecule has 132 heavy (non-hydrogen) atoms. The van der Waals surface area contributed by atoms with Gasteiger partial charge in [-0.15, -0.1) is 0 Å². The van der Waals surface area contributed by atoms with E-state index in [1.807, 2.05) is 0 Å². The van der Waals surface area contributed by atoms with Crippen molar-refractivity contribution in [1.29, 1.82) is 0 Å². The van der Waals surface area contributed by atoms with E-state index in [9.17, 15) is 43.2 Å². The summed E-state index contributed by atoms with van der Waals surface area (Å²) < 4.78 is 89.4. The van der Waals surface area contributed by atoms with Gasteiger partial charge in [0.1, 0.15) is 44.8 Å². The normalized spacial score (nSPS) is 49.3. The SMILES string of the molecule is C=C(C)C(=O)OC12CC3CC(C1)CC(C(=O)OCC1CCC4OC4C1)(C3)C2.C=C(C)C(=O)OC12CC3CC(C1)CC(OC(=O)C1CC4CC1C1OC41)(C3)C2.C=C(C)C(=O)OC12CC3CC(C1)CC(OC(=O)C1CCC4(C)OC4C1)(C3)C2.C=C(C)C(=O)OC12CC3CC(C1)CC(OC(=O)C1CCC4OC4C1)(C3)C2.C=C(C)C(=O)OC12CC3CC(CC(OCC4CCC5OC5C4)(C3)C1)C2. The van der Waals surface area contributed by atoms with Crippen LogP contribution in [0, 0.1) is 106 Å². The largest absolute Gasteiger partial charge is 0.465 e. The number of rotatable bonds is 22. The van der Waals surface area contributed by atoms with Crippen molar-refractivity contribution < 1.29 is 114 Å². The van der Waals surface area contributed by atoms with Crippen LogP contribution < -0.4 is 0 Å². The van der Waals surface area contributed by atoms with E-state index in [4.69, 9.17) is 71.1 Å². The predicted molar refractivity (Wildman–Crippen MR) is 477 cm³/mol. The van der Waals surface area contributed by atoms with Crippen molar-refractivity contribution in [2.45, 2.75) is 435 Å². The van der Waals surface area contributed by atoms with Crippen LogP contribution in [0.3, 0.4) is 0 Å². The molecule has 5 aliphatic heterocycles. The molecule has 27 atom stereocenters. The van der Waals surface area contributed by atoms with Crippen molar-refractivity contribution in [3.05, 3.63) is 60.8 Å². The molecule has 31 aliphatic rings. The van der Waals surface area contributed by atoms with Gasteiger partial charge in [0.05, 0.1) is 103 Å². The van der Waals surface area contributed by atoms with Gasteiger partial charge in [0.25, 0.3) is 0 Å². The van der Waals surface area contributed by atoms with Crippen LogP contribution in [0.25, 0.3) is 0 Å². The first-order valence-electron chi connectivity index (χ1n) is 52.0. The van der Waals surface area contributed by atoms with Crippen molar-refractivity contribution >= 4 is 53.7 Å². The molecular weight excluding hydrogens is 1680 g/mol. The summed E-state index contributed by atoms with van der Waals surface area (Å²) >= 11 is 0. The summed E-state index contributed by atoms with van der Waals surface area (Å²) in [6.45, 7) is 30.7. The summed E-state index contributed by atoms with van der Waals surface area (Å²) in [5.74, 6) is 5.49. The van der Waals surface area contributed by atoms with Crippen molar-refractivity contribution in [2.24, 2.45) is 106 Å². The van der Waals surface area contributed by atoms with Gasteiger partial charge in [0, 0.05) is 65.9 Å². The zero-order chi connectivity index (χ0) is 91.7. The molecule has 0 aromatic rings. The van der Waals surface area contributed by atoms with Gasteiger partial charge in [0.2, 0.25) is 0 Å². The molecule has 31 rings (SSSR count). The minimum atomic E-state index is -0.487. The molecule has 0 radical (unpaired) electrons. The monoisotopic (exact) mass is 1830 g/mol. The third-order valence-corrected chi connectivity index (χ3v) is 38.4. The lowest BCUT2D eigenvalue weighted by molar-refractivity contribution is -0.235. The van der Waals surface area contributed by atoms with Gasteiger partial charge < -0.3 is 71.1 Å². The molecule has 5 heterocycles. The topological polar surface area (TPSA) is 309 Å². The van der Waals surface area contributed by atoms with Gasteiger partial charge in [-0.3, -0.25) is 19.2 Å². The lowest BCUT2D eigenvalue weighted by Gasteiger charge is -2.60. The lowest BCUT2D eigenvalue weighted by atomic mass is 9.48. The zero-order valence-corrected chi connectivity index (χ0v) is 79.4. The van der Waals surface area contributed by atoms with E-state index in [0.717, 1.165) is 218 Å². The van der Waals surface area contributed by atoms with Crippen molar-refractivity contribution in [1.82, 2.24) is 0 Å². The van der Waals surface area contributed by atoms with E-state index < -0.39 is 44.6 Å². The summed E-state index contributed by atoms with van der Waals surface area (Å²) in [6.07, 6.45) is 46.1. The molecule has 26 saturated carbocycles. The summed E-state index contributed by atoms with van der Waals surface area (Å²) in [5.41, 5.74) is -1.71. The van der Waals surface area contributed by atoms with Crippen molar-refractivity contribution in [3.63, 3.8) is 0 Å². The maximum absolute atomic E-state index is 13.2. The third-order valence-electron chi connectivity index (χ3n) is 38.4. The van der Waals surface area contributed by atoms with Crippen molar-refractivity contribution in [3.8, 4) is 0 Å². The van der Waals surface area contributed by atoms with E-state index in [1.54, 1.807) is 34.6 Å². The zero-order valence-electron chi connectivity index (χ0n) is 79.4. The number of fused-ring (bicyclic) bond motifs is 9. The minimum absolute atomic E-state index is 0.0122. The fourth-order valence-electron chi connectivity index (χ4n) is 34.5. The second kappa shape index (κ2) is 32.9. The summed E-state index contributed by atoms with van der Waals surface area (Å²) in [4.78, 5) is 113. The van der Waals surface area contributed by atoms with E-state index in [2.05, 4.69) is 39.8 Å². The molecule has 27 unspecified atom stereocenters. The Morgan fingerprint density at radius 1 is 0.311 bits per heavy atom. The Balaban J connectivity index is 0.0000000964. The average Bonchev–Trinajstić information content (AvgIpc) is 1.55. The Bertz CT molecular complexity index is 4670. The quantitative estimate of drug-likeness (QED) is 0.0421. The van der Waals surface area contributed by atoms with Crippen LogP contribution in [0.5, 0.6) is 0 Å². The van der Waals surface area contributed by atoms with Crippen LogP contribution >= 0.6 is 0 Å². The fraction of sp³-hybridized carbons (Fsp3) is 0.824. The lowest BCUT2D eigenvalue weighted by Crippen LogP contribution is -2.62. The molecule has 24 nitrogen and oxygen atoms in total. The van der Waals surface area contributed by atoms with E-state index in [-0.39, 0.29) is 100 Å². The van der Waals surface area contributed by atoms with Gasteiger partial charge in [-0.1, -0.05) is 32.9 Å². The fourth-order valence-corrected chi connectivity index (χ4v) is 34.5. The number of esters is 9. The molecule has 0 amide bonds. The molecule has 5 saturated heterocycles. The Labute approximate surface area is 778 Å². The second-order valence-corrected chi connectivity index (χ2v) is 50.2. The molecule has 31 fully saturated rings. The first-order chi connectivity index (χ1) is 62.7. The number of hydrogen-bond acceptors (Lipinski definition) is 24. The van der Waals surface area contributed by atoms with Gasteiger partial charge in [-0.25, -0.2) is 24.0 Å². The molecule has 26 aliphatic carbocycles. The average molecular weight is 1830 g/mol. The second-order valence-electron chi connectivity index (χ2n) is 50.2. The van der Waals surface area contributed by atoms with Crippen LogP contribution in [0.1, 0.15) is 324 Å². The molecule has 22 bridgehead atoms. The summed E-state index contributed by atoms with van der Waals surface area (Å²) in [7, 11) is 0.